The van der Waals surface area contributed by atoms with Crippen LogP contribution in [0.5, 0.6) is 11.5 Å². The van der Waals surface area contributed by atoms with E-state index in [0.29, 0.717) is 18.8 Å². The fourth-order valence-corrected chi connectivity index (χ4v) is 3.99. The first-order valence-corrected chi connectivity index (χ1v) is 9.12. The van der Waals surface area contributed by atoms with Gasteiger partial charge < -0.3 is 19.5 Å². The van der Waals surface area contributed by atoms with E-state index in [9.17, 15) is 5.11 Å². The molecule has 0 spiro atoms. The summed E-state index contributed by atoms with van der Waals surface area (Å²) < 4.78 is 12.0. The summed E-state index contributed by atoms with van der Waals surface area (Å²) in [6.45, 7) is 1.10. The number of nitrogens with zero attached hydrogens (tertiary/aromatic N) is 2. The van der Waals surface area contributed by atoms with E-state index < -0.39 is 6.10 Å². The van der Waals surface area contributed by atoms with Crippen LogP contribution in [-0.4, -0.2) is 30.9 Å². The minimum atomic E-state index is -0.664. The van der Waals surface area contributed by atoms with Gasteiger partial charge in [0.25, 0.3) is 0 Å². The maximum absolute atomic E-state index is 10.8. The van der Waals surface area contributed by atoms with Gasteiger partial charge in [-0.3, -0.25) is 4.98 Å². The molecule has 4 rings (SSSR count). The van der Waals surface area contributed by atoms with Gasteiger partial charge in [0, 0.05) is 46.0 Å². The van der Waals surface area contributed by atoms with E-state index in [1.54, 1.807) is 20.4 Å². The number of benzene rings is 2. The van der Waals surface area contributed by atoms with Gasteiger partial charge in [-0.1, -0.05) is 15.9 Å². The van der Waals surface area contributed by atoms with Crippen LogP contribution in [0.3, 0.4) is 0 Å². The van der Waals surface area contributed by atoms with Crippen LogP contribution in [0.2, 0.25) is 0 Å². The van der Waals surface area contributed by atoms with Crippen LogP contribution in [0.1, 0.15) is 17.2 Å². The summed E-state index contributed by atoms with van der Waals surface area (Å²) in [6.07, 6.45) is 1.14. The standard InChI is InChI=1S/C20H19BrN2O3/c1-25-18-5-6-19(26-2)20-14(18)10-23(11-17(20)24)16-7-8-22-15-9-12(21)3-4-13(15)16/h3-9,17,24H,10-11H2,1-2H3. The number of halogens is 1. The van der Waals surface area contributed by atoms with Crippen LogP contribution in [-0.2, 0) is 6.54 Å². The molecule has 0 amide bonds. The van der Waals surface area contributed by atoms with Gasteiger partial charge in [0.1, 0.15) is 17.6 Å². The van der Waals surface area contributed by atoms with Crippen molar-refractivity contribution in [1.82, 2.24) is 4.98 Å². The summed E-state index contributed by atoms with van der Waals surface area (Å²) in [5.41, 5.74) is 3.71. The molecule has 2 aromatic carbocycles. The number of aliphatic hydroxyl groups excluding tert-OH is 1. The number of ether oxygens (including phenoxy) is 2. The molecule has 3 aromatic rings. The summed E-state index contributed by atoms with van der Waals surface area (Å²) in [7, 11) is 3.27. The zero-order chi connectivity index (χ0) is 18.3. The van der Waals surface area contributed by atoms with Crippen molar-refractivity contribution in [2.75, 3.05) is 25.7 Å². The van der Waals surface area contributed by atoms with E-state index in [2.05, 4.69) is 25.8 Å². The van der Waals surface area contributed by atoms with Crippen LogP contribution >= 0.6 is 15.9 Å². The third kappa shape index (κ3) is 2.79. The number of anilines is 1. The molecule has 1 atom stereocenters. The molecule has 26 heavy (non-hydrogen) atoms. The average molecular weight is 415 g/mol. The predicted octanol–water partition coefficient (Wildman–Crippen LogP) is 4.07. The minimum Gasteiger partial charge on any atom is -0.496 e. The molecule has 5 nitrogen and oxygen atoms in total. The molecule has 0 saturated heterocycles. The zero-order valence-electron chi connectivity index (χ0n) is 14.6. The first-order chi connectivity index (χ1) is 12.6. The number of hydrogen-bond donors (Lipinski definition) is 1. The molecule has 0 radical (unpaired) electrons. The van der Waals surface area contributed by atoms with Crippen molar-refractivity contribution in [2.45, 2.75) is 12.6 Å². The molecule has 134 valence electrons. The Balaban J connectivity index is 1.83. The number of methoxy groups -OCH3 is 2. The first-order valence-electron chi connectivity index (χ1n) is 8.33. The average Bonchev–Trinajstić information content (AvgIpc) is 2.66. The number of rotatable bonds is 3. The maximum atomic E-state index is 10.8. The molecule has 1 aromatic heterocycles. The molecule has 1 aliphatic heterocycles. The lowest BCUT2D eigenvalue weighted by atomic mass is 9.94. The largest absolute Gasteiger partial charge is 0.496 e. The molecule has 0 saturated carbocycles. The van der Waals surface area contributed by atoms with E-state index in [1.165, 1.54) is 0 Å². The second kappa shape index (κ2) is 6.78. The number of hydrogen-bond acceptors (Lipinski definition) is 5. The van der Waals surface area contributed by atoms with Crippen LogP contribution in [0.25, 0.3) is 10.9 Å². The molecule has 1 aliphatic rings. The Kier molecular flexibility index (Phi) is 4.46. The highest BCUT2D eigenvalue weighted by Crippen LogP contribution is 2.41. The summed E-state index contributed by atoms with van der Waals surface area (Å²) in [5, 5.41) is 11.9. The Bertz CT molecular complexity index is 977. The minimum absolute atomic E-state index is 0.478. The van der Waals surface area contributed by atoms with Crippen LogP contribution in [0.15, 0.2) is 47.1 Å². The monoisotopic (exact) mass is 414 g/mol. The highest BCUT2D eigenvalue weighted by Gasteiger charge is 2.30. The molecule has 1 N–H and O–H groups in total. The SMILES string of the molecule is COc1ccc(OC)c2c1CN(c1ccnc3cc(Br)ccc13)CC2O. The number of aromatic nitrogens is 1. The topological polar surface area (TPSA) is 54.8 Å². The summed E-state index contributed by atoms with van der Waals surface area (Å²) in [6, 6.07) is 11.8. The van der Waals surface area contributed by atoms with Crippen molar-refractivity contribution in [2.24, 2.45) is 0 Å². The second-order valence-electron chi connectivity index (χ2n) is 6.25. The highest BCUT2D eigenvalue weighted by molar-refractivity contribution is 9.10. The molecule has 0 bridgehead atoms. The van der Waals surface area contributed by atoms with Crippen LogP contribution in [0.4, 0.5) is 5.69 Å². The zero-order valence-corrected chi connectivity index (χ0v) is 16.2. The van der Waals surface area contributed by atoms with Gasteiger partial charge in [0.15, 0.2) is 0 Å². The van der Waals surface area contributed by atoms with E-state index in [-0.39, 0.29) is 0 Å². The molecular formula is C20H19BrN2O3. The lowest BCUT2D eigenvalue weighted by Gasteiger charge is -2.35. The maximum Gasteiger partial charge on any atom is 0.125 e. The Morgan fingerprint density at radius 1 is 1.12 bits per heavy atom. The van der Waals surface area contributed by atoms with Gasteiger partial charge in [-0.2, -0.15) is 0 Å². The smallest absolute Gasteiger partial charge is 0.125 e. The quantitative estimate of drug-likeness (QED) is 0.699. The summed E-state index contributed by atoms with van der Waals surface area (Å²) in [4.78, 5) is 6.62. The van der Waals surface area contributed by atoms with E-state index in [0.717, 1.165) is 37.9 Å². The van der Waals surface area contributed by atoms with Crippen molar-refractivity contribution in [1.29, 1.82) is 0 Å². The summed E-state index contributed by atoms with van der Waals surface area (Å²) >= 11 is 3.49. The Hall–Kier alpha value is -2.31. The third-order valence-corrected chi connectivity index (χ3v) is 5.31. The van der Waals surface area contributed by atoms with Crippen molar-refractivity contribution in [3.05, 3.63) is 58.2 Å². The predicted molar refractivity (Wildman–Crippen MR) is 105 cm³/mol. The van der Waals surface area contributed by atoms with Crippen molar-refractivity contribution in [3.63, 3.8) is 0 Å². The molecular weight excluding hydrogens is 396 g/mol. The number of pyridine rings is 1. The molecule has 2 heterocycles. The van der Waals surface area contributed by atoms with Gasteiger partial charge in [-0.05, 0) is 36.4 Å². The number of aliphatic hydroxyl groups is 1. The third-order valence-electron chi connectivity index (χ3n) is 4.81. The summed E-state index contributed by atoms with van der Waals surface area (Å²) in [5.74, 6) is 1.45. The Morgan fingerprint density at radius 2 is 1.88 bits per heavy atom. The Morgan fingerprint density at radius 3 is 2.65 bits per heavy atom. The van der Waals surface area contributed by atoms with Gasteiger partial charge in [0.2, 0.25) is 0 Å². The Labute approximate surface area is 160 Å². The second-order valence-corrected chi connectivity index (χ2v) is 7.17. The van der Waals surface area contributed by atoms with Crippen molar-refractivity contribution < 1.29 is 14.6 Å². The first kappa shape index (κ1) is 17.1. The molecule has 0 aliphatic carbocycles. The van der Waals surface area contributed by atoms with Crippen molar-refractivity contribution in [3.8, 4) is 11.5 Å². The van der Waals surface area contributed by atoms with E-state index >= 15 is 0 Å². The molecule has 0 fully saturated rings. The van der Waals surface area contributed by atoms with Gasteiger partial charge in [-0.25, -0.2) is 0 Å². The fourth-order valence-electron chi connectivity index (χ4n) is 3.64. The highest BCUT2D eigenvalue weighted by atomic mass is 79.9. The lowest BCUT2D eigenvalue weighted by molar-refractivity contribution is 0.170. The van der Waals surface area contributed by atoms with Crippen LogP contribution < -0.4 is 14.4 Å². The number of fused-ring (bicyclic) bond motifs is 2. The molecule has 1 unspecified atom stereocenters. The van der Waals surface area contributed by atoms with Gasteiger partial charge in [-0.15, -0.1) is 0 Å². The molecule has 6 heteroatoms. The van der Waals surface area contributed by atoms with E-state index in [1.807, 2.05) is 36.4 Å². The van der Waals surface area contributed by atoms with E-state index in [4.69, 9.17) is 9.47 Å². The van der Waals surface area contributed by atoms with Gasteiger partial charge >= 0.3 is 0 Å². The van der Waals surface area contributed by atoms with Crippen LogP contribution in [0, 0.1) is 0 Å². The van der Waals surface area contributed by atoms with Crippen molar-refractivity contribution >= 4 is 32.5 Å². The normalized spacial score (nSPS) is 16.5. The van der Waals surface area contributed by atoms with Gasteiger partial charge in [0.05, 0.1) is 19.7 Å². The fraction of sp³-hybridized carbons (Fsp3) is 0.250. The number of β-amino-alcohol motifs (C(OH)–C–C–N with tert-alkyl or cyclic N) is 1. The lowest BCUT2D eigenvalue weighted by Crippen LogP contribution is -2.34.